The molecule has 2 amide bonds. The summed E-state index contributed by atoms with van der Waals surface area (Å²) in [7, 11) is 0. The Morgan fingerprint density at radius 2 is 1.81 bits per heavy atom. The summed E-state index contributed by atoms with van der Waals surface area (Å²) in [5, 5.41) is 15.5. The molecule has 0 radical (unpaired) electrons. The van der Waals surface area contributed by atoms with Gasteiger partial charge in [0.05, 0.1) is 25.2 Å². The Bertz CT molecular complexity index is 603. The summed E-state index contributed by atoms with van der Waals surface area (Å²) in [6.45, 7) is 0.339. The first-order chi connectivity index (χ1) is 12.6. The topological polar surface area (TPSA) is 87.7 Å². The molecule has 1 aromatic carbocycles. The molecule has 1 saturated heterocycles. The number of aliphatic hydroxyl groups is 1. The SMILES string of the molecule is O=C(C[C@H]1CC[C@H](NC(=O)CC2CC2)[C@H](CO)O1)NCc1ccccc1. The smallest absolute Gasteiger partial charge is 0.222 e. The van der Waals surface area contributed by atoms with Gasteiger partial charge in [0.2, 0.25) is 11.8 Å². The van der Waals surface area contributed by atoms with Crippen molar-refractivity contribution in [1.29, 1.82) is 0 Å². The van der Waals surface area contributed by atoms with E-state index in [-0.39, 0.29) is 37.0 Å². The van der Waals surface area contributed by atoms with E-state index in [9.17, 15) is 14.7 Å². The first-order valence-electron chi connectivity index (χ1n) is 9.50. The Kier molecular flexibility index (Phi) is 6.63. The number of amides is 2. The van der Waals surface area contributed by atoms with Crippen molar-refractivity contribution in [3.63, 3.8) is 0 Å². The molecule has 3 N–H and O–H groups in total. The molecule has 0 aromatic heterocycles. The lowest BCUT2D eigenvalue weighted by Gasteiger charge is -2.36. The fourth-order valence-corrected chi connectivity index (χ4v) is 3.37. The molecule has 6 nitrogen and oxygen atoms in total. The van der Waals surface area contributed by atoms with Crippen LogP contribution < -0.4 is 10.6 Å². The van der Waals surface area contributed by atoms with E-state index < -0.39 is 6.10 Å². The van der Waals surface area contributed by atoms with Gasteiger partial charge < -0.3 is 20.5 Å². The van der Waals surface area contributed by atoms with Gasteiger partial charge in [-0.05, 0) is 37.2 Å². The van der Waals surface area contributed by atoms with Crippen molar-refractivity contribution in [2.24, 2.45) is 5.92 Å². The van der Waals surface area contributed by atoms with E-state index in [2.05, 4.69) is 10.6 Å². The maximum atomic E-state index is 12.1. The van der Waals surface area contributed by atoms with Gasteiger partial charge in [-0.1, -0.05) is 30.3 Å². The zero-order valence-corrected chi connectivity index (χ0v) is 15.0. The molecule has 0 spiro atoms. The average molecular weight is 360 g/mol. The van der Waals surface area contributed by atoms with E-state index in [0.29, 0.717) is 25.3 Å². The number of nitrogens with one attached hydrogen (secondary N) is 2. The van der Waals surface area contributed by atoms with E-state index >= 15 is 0 Å². The second-order valence-corrected chi connectivity index (χ2v) is 7.34. The summed E-state index contributed by atoms with van der Waals surface area (Å²) in [6.07, 6.45) is 3.86. The van der Waals surface area contributed by atoms with Crippen LogP contribution in [0.3, 0.4) is 0 Å². The van der Waals surface area contributed by atoms with Crippen LogP contribution in [0.2, 0.25) is 0 Å². The Hall–Kier alpha value is -1.92. The number of rotatable bonds is 8. The monoisotopic (exact) mass is 360 g/mol. The fourth-order valence-electron chi connectivity index (χ4n) is 3.37. The van der Waals surface area contributed by atoms with Gasteiger partial charge >= 0.3 is 0 Å². The summed E-state index contributed by atoms with van der Waals surface area (Å²) < 4.78 is 5.87. The van der Waals surface area contributed by atoms with Gasteiger partial charge in [0.1, 0.15) is 6.10 Å². The highest BCUT2D eigenvalue weighted by Gasteiger charge is 2.34. The van der Waals surface area contributed by atoms with Gasteiger partial charge in [-0.15, -0.1) is 0 Å². The van der Waals surface area contributed by atoms with E-state index in [4.69, 9.17) is 4.74 Å². The highest BCUT2D eigenvalue weighted by atomic mass is 16.5. The minimum Gasteiger partial charge on any atom is -0.394 e. The van der Waals surface area contributed by atoms with Crippen LogP contribution >= 0.6 is 0 Å². The lowest BCUT2D eigenvalue weighted by molar-refractivity contribution is -0.136. The van der Waals surface area contributed by atoms with Gasteiger partial charge in [-0.3, -0.25) is 9.59 Å². The molecule has 26 heavy (non-hydrogen) atoms. The number of hydrogen-bond acceptors (Lipinski definition) is 4. The maximum absolute atomic E-state index is 12.1. The summed E-state index contributed by atoms with van der Waals surface area (Å²) in [5.74, 6) is 0.513. The zero-order valence-electron chi connectivity index (χ0n) is 15.0. The van der Waals surface area contributed by atoms with Crippen molar-refractivity contribution in [3.05, 3.63) is 35.9 Å². The molecule has 1 saturated carbocycles. The molecular weight excluding hydrogens is 332 g/mol. The minimum atomic E-state index is -0.446. The highest BCUT2D eigenvalue weighted by molar-refractivity contribution is 5.77. The van der Waals surface area contributed by atoms with Crippen LogP contribution in [0.1, 0.15) is 44.1 Å². The maximum Gasteiger partial charge on any atom is 0.222 e. The third-order valence-corrected chi connectivity index (χ3v) is 5.06. The van der Waals surface area contributed by atoms with Crippen molar-refractivity contribution in [3.8, 4) is 0 Å². The van der Waals surface area contributed by atoms with Crippen LogP contribution in [0.4, 0.5) is 0 Å². The first kappa shape index (κ1) is 18.9. The molecule has 0 unspecified atom stereocenters. The predicted octanol–water partition coefficient (Wildman–Crippen LogP) is 1.52. The van der Waals surface area contributed by atoms with Gasteiger partial charge in [0.15, 0.2) is 0 Å². The molecule has 2 fully saturated rings. The molecule has 142 valence electrons. The van der Waals surface area contributed by atoms with Crippen LogP contribution in [0, 0.1) is 5.92 Å². The third kappa shape index (κ3) is 5.81. The average Bonchev–Trinajstić information content (AvgIpc) is 3.46. The largest absolute Gasteiger partial charge is 0.394 e. The molecule has 6 heteroatoms. The van der Waals surface area contributed by atoms with Crippen LogP contribution in [0.25, 0.3) is 0 Å². The summed E-state index contributed by atoms with van der Waals surface area (Å²) in [4.78, 5) is 24.1. The molecule has 3 atom stereocenters. The predicted molar refractivity (Wildman–Crippen MR) is 97.2 cm³/mol. The van der Waals surface area contributed by atoms with E-state index in [1.54, 1.807) is 0 Å². The summed E-state index contributed by atoms with van der Waals surface area (Å²) in [5.41, 5.74) is 1.05. The molecule has 1 aliphatic carbocycles. The molecule has 1 heterocycles. The van der Waals surface area contributed by atoms with Crippen molar-refractivity contribution in [1.82, 2.24) is 10.6 Å². The number of hydrogen-bond donors (Lipinski definition) is 3. The number of benzene rings is 1. The molecule has 1 aliphatic heterocycles. The summed E-state index contributed by atoms with van der Waals surface area (Å²) >= 11 is 0. The van der Waals surface area contributed by atoms with E-state index in [0.717, 1.165) is 24.8 Å². The molecule has 2 aliphatic rings. The minimum absolute atomic E-state index is 0.0404. The molecule has 3 rings (SSSR count). The Labute approximate surface area is 154 Å². The van der Waals surface area contributed by atoms with Gasteiger partial charge in [-0.25, -0.2) is 0 Å². The number of ether oxygens (including phenoxy) is 1. The lowest BCUT2D eigenvalue weighted by Crippen LogP contribution is -2.51. The fraction of sp³-hybridized carbons (Fsp3) is 0.600. The number of aliphatic hydroxyl groups excluding tert-OH is 1. The molecular formula is C20H28N2O4. The van der Waals surface area contributed by atoms with Crippen LogP contribution in [0.5, 0.6) is 0 Å². The Balaban J connectivity index is 1.41. The lowest BCUT2D eigenvalue weighted by atomic mass is 9.96. The van der Waals surface area contributed by atoms with Crippen molar-refractivity contribution >= 4 is 11.8 Å². The summed E-state index contributed by atoms with van der Waals surface area (Å²) in [6, 6.07) is 9.58. The quantitative estimate of drug-likeness (QED) is 0.656. The van der Waals surface area contributed by atoms with Crippen molar-refractivity contribution in [2.75, 3.05) is 6.61 Å². The van der Waals surface area contributed by atoms with Gasteiger partial charge in [0, 0.05) is 13.0 Å². The standard InChI is InChI=1S/C20H28N2O4/c23-13-18-17(22-20(25)10-14-6-7-14)9-8-16(26-18)11-19(24)21-12-15-4-2-1-3-5-15/h1-5,14,16-18,23H,6-13H2,(H,21,24)(H,22,25)/t16-,17+,18+/m1/s1. The highest BCUT2D eigenvalue weighted by Crippen LogP contribution is 2.32. The Morgan fingerprint density at radius 3 is 2.50 bits per heavy atom. The van der Waals surface area contributed by atoms with Crippen molar-refractivity contribution in [2.45, 2.75) is 63.3 Å². The second kappa shape index (κ2) is 9.14. The van der Waals surface area contributed by atoms with E-state index in [1.165, 1.54) is 0 Å². The number of carbonyl (C=O) groups is 2. The van der Waals surface area contributed by atoms with Gasteiger partial charge in [0.25, 0.3) is 0 Å². The first-order valence-corrected chi connectivity index (χ1v) is 9.50. The third-order valence-electron chi connectivity index (χ3n) is 5.06. The zero-order chi connectivity index (χ0) is 18.4. The van der Waals surface area contributed by atoms with Crippen LogP contribution in [-0.4, -0.2) is 41.8 Å². The normalized spacial score (nSPS) is 25.5. The second-order valence-electron chi connectivity index (χ2n) is 7.34. The van der Waals surface area contributed by atoms with Crippen molar-refractivity contribution < 1.29 is 19.4 Å². The van der Waals surface area contributed by atoms with Gasteiger partial charge in [-0.2, -0.15) is 0 Å². The number of carbonyl (C=O) groups excluding carboxylic acids is 2. The van der Waals surface area contributed by atoms with Crippen LogP contribution in [-0.2, 0) is 20.9 Å². The molecule has 1 aromatic rings. The Morgan fingerprint density at radius 1 is 1.04 bits per heavy atom. The molecule has 0 bridgehead atoms. The van der Waals surface area contributed by atoms with Crippen LogP contribution in [0.15, 0.2) is 30.3 Å². The van der Waals surface area contributed by atoms with E-state index in [1.807, 2.05) is 30.3 Å².